The van der Waals surface area contributed by atoms with E-state index in [1.165, 1.54) is 0 Å². The van der Waals surface area contributed by atoms with Crippen LogP contribution in [0.5, 0.6) is 0 Å². The molecule has 1 heterocycles. The van der Waals surface area contributed by atoms with Gasteiger partial charge in [-0.2, -0.15) is 0 Å². The van der Waals surface area contributed by atoms with E-state index in [0.29, 0.717) is 6.04 Å². The highest BCUT2D eigenvalue weighted by atomic mass is 15.4. The smallest absolute Gasteiger partial charge is 0.0586 e. The Hall–Kier alpha value is -0.740. The van der Waals surface area contributed by atoms with Crippen LogP contribution >= 0.6 is 0 Å². The van der Waals surface area contributed by atoms with Crippen molar-refractivity contribution in [2.45, 2.75) is 19.9 Å². The van der Waals surface area contributed by atoms with Crippen LogP contribution in [0.2, 0.25) is 0 Å². The minimum absolute atomic E-state index is 0.564. The van der Waals surface area contributed by atoms with Gasteiger partial charge in [0.25, 0.3) is 0 Å². The van der Waals surface area contributed by atoms with Gasteiger partial charge in [0.1, 0.15) is 0 Å². The lowest BCUT2D eigenvalue weighted by atomic mass is 10.2. The first-order valence-corrected chi connectivity index (χ1v) is 4.32. The molecule has 0 aromatic carbocycles. The molecule has 0 aliphatic carbocycles. The highest BCUT2D eigenvalue weighted by molar-refractivity contribution is 5.03. The molecule has 0 amide bonds. The molecule has 1 saturated heterocycles. The average Bonchev–Trinajstić information content (AvgIpc) is 2.05. The van der Waals surface area contributed by atoms with E-state index < -0.39 is 0 Å². The Labute approximate surface area is 73.8 Å². The fraction of sp³-hybridized carbons (Fsp3) is 0.750. The quantitative estimate of drug-likeness (QED) is 0.530. The van der Waals surface area contributed by atoms with Gasteiger partial charge in [-0.25, -0.2) is 5.84 Å². The second-order valence-corrected chi connectivity index (χ2v) is 3.42. The maximum Gasteiger partial charge on any atom is 0.0586 e. The minimum atomic E-state index is 0.564. The van der Waals surface area contributed by atoms with E-state index >= 15 is 0 Å². The summed E-state index contributed by atoms with van der Waals surface area (Å²) in [4.78, 5) is 2.35. The molecular formula is C8H18N4. The summed E-state index contributed by atoms with van der Waals surface area (Å²) in [5, 5.41) is 1.72. The van der Waals surface area contributed by atoms with Crippen LogP contribution in [0.3, 0.4) is 0 Å². The summed E-state index contributed by atoms with van der Waals surface area (Å²) >= 11 is 0. The summed E-state index contributed by atoms with van der Waals surface area (Å²) in [5.74, 6) is 5.71. The summed E-state index contributed by atoms with van der Waals surface area (Å²) in [6.07, 6.45) is 1.59. The number of nitrogens with zero attached hydrogens (tertiary/aromatic N) is 2. The number of rotatable bonds is 1. The SMILES string of the molecule is CC(C)N1CCN(N)/C(=C\N)C1. The van der Waals surface area contributed by atoms with Crippen LogP contribution in [0.1, 0.15) is 13.8 Å². The lowest BCUT2D eigenvalue weighted by molar-refractivity contribution is 0.148. The van der Waals surface area contributed by atoms with Crippen molar-refractivity contribution in [1.29, 1.82) is 0 Å². The van der Waals surface area contributed by atoms with Crippen molar-refractivity contribution < 1.29 is 0 Å². The lowest BCUT2D eigenvalue weighted by Crippen LogP contribution is -2.50. The Bertz CT molecular complexity index is 176. The third-order valence-electron chi connectivity index (χ3n) is 2.28. The molecule has 4 N–H and O–H groups in total. The van der Waals surface area contributed by atoms with Crippen LogP contribution in [0, 0.1) is 0 Å². The number of piperazine rings is 1. The first-order chi connectivity index (χ1) is 5.65. The van der Waals surface area contributed by atoms with E-state index in [-0.39, 0.29) is 0 Å². The molecule has 1 aliphatic heterocycles. The zero-order chi connectivity index (χ0) is 9.14. The third-order valence-corrected chi connectivity index (χ3v) is 2.28. The Morgan fingerprint density at radius 1 is 1.42 bits per heavy atom. The van der Waals surface area contributed by atoms with Crippen molar-refractivity contribution in [3.63, 3.8) is 0 Å². The van der Waals surface area contributed by atoms with E-state index in [2.05, 4.69) is 18.7 Å². The Balaban J connectivity index is 2.56. The van der Waals surface area contributed by atoms with Gasteiger partial charge in [0.2, 0.25) is 0 Å². The number of nitrogens with two attached hydrogens (primary N) is 2. The van der Waals surface area contributed by atoms with E-state index in [0.717, 1.165) is 25.3 Å². The van der Waals surface area contributed by atoms with Crippen molar-refractivity contribution in [3.8, 4) is 0 Å². The van der Waals surface area contributed by atoms with Gasteiger partial charge in [-0.05, 0) is 13.8 Å². The Kier molecular flexibility index (Phi) is 2.94. The van der Waals surface area contributed by atoms with Crippen LogP contribution in [-0.2, 0) is 0 Å². The molecule has 4 nitrogen and oxygen atoms in total. The Morgan fingerprint density at radius 2 is 2.08 bits per heavy atom. The maximum atomic E-state index is 5.71. The predicted octanol–water partition coefficient (Wildman–Crippen LogP) is -0.314. The number of hydrogen-bond donors (Lipinski definition) is 2. The first kappa shape index (κ1) is 9.35. The van der Waals surface area contributed by atoms with Gasteiger partial charge in [-0.3, -0.25) is 4.90 Å². The molecule has 4 heteroatoms. The predicted molar refractivity (Wildman–Crippen MR) is 49.9 cm³/mol. The van der Waals surface area contributed by atoms with Gasteiger partial charge >= 0.3 is 0 Å². The van der Waals surface area contributed by atoms with Gasteiger partial charge in [0.15, 0.2) is 0 Å². The third kappa shape index (κ3) is 1.89. The molecule has 0 unspecified atom stereocenters. The fourth-order valence-electron chi connectivity index (χ4n) is 1.35. The second-order valence-electron chi connectivity index (χ2n) is 3.42. The maximum absolute atomic E-state index is 5.71. The molecule has 0 aromatic rings. The molecule has 70 valence electrons. The highest BCUT2D eigenvalue weighted by Crippen LogP contribution is 2.10. The second kappa shape index (κ2) is 3.78. The van der Waals surface area contributed by atoms with Crippen molar-refractivity contribution in [2.24, 2.45) is 11.6 Å². The molecule has 0 bridgehead atoms. The van der Waals surface area contributed by atoms with Gasteiger partial charge in [0, 0.05) is 31.9 Å². The van der Waals surface area contributed by atoms with E-state index in [4.69, 9.17) is 11.6 Å². The normalized spacial score (nSPS) is 24.0. The van der Waals surface area contributed by atoms with Crippen LogP contribution in [0.4, 0.5) is 0 Å². The Morgan fingerprint density at radius 3 is 2.58 bits per heavy atom. The summed E-state index contributed by atoms with van der Waals surface area (Å²) < 4.78 is 0. The van der Waals surface area contributed by atoms with Crippen LogP contribution < -0.4 is 11.6 Å². The molecule has 0 spiro atoms. The molecular weight excluding hydrogens is 152 g/mol. The standard InChI is InChI=1S/C8H18N4/c1-7(2)11-3-4-12(10)8(5-9)6-11/h5,7H,3-4,6,9-10H2,1-2H3/b8-5-. The number of hydrogen-bond acceptors (Lipinski definition) is 4. The molecule has 0 aromatic heterocycles. The number of hydrazine groups is 1. The summed E-state index contributed by atoms with van der Waals surface area (Å²) in [7, 11) is 0. The van der Waals surface area contributed by atoms with Crippen molar-refractivity contribution in [2.75, 3.05) is 19.6 Å². The molecule has 0 saturated carbocycles. The van der Waals surface area contributed by atoms with Crippen molar-refractivity contribution in [3.05, 3.63) is 11.9 Å². The lowest BCUT2D eigenvalue weighted by Gasteiger charge is -2.37. The van der Waals surface area contributed by atoms with Gasteiger partial charge < -0.3 is 10.7 Å². The molecule has 12 heavy (non-hydrogen) atoms. The van der Waals surface area contributed by atoms with E-state index in [1.54, 1.807) is 11.2 Å². The van der Waals surface area contributed by atoms with E-state index in [1.807, 2.05) is 0 Å². The zero-order valence-electron chi connectivity index (χ0n) is 7.83. The summed E-state index contributed by atoms with van der Waals surface area (Å²) in [6.45, 7) is 7.11. The average molecular weight is 170 g/mol. The van der Waals surface area contributed by atoms with Crippen molar-refractivity contribution in [1.82, 2.24) is 9.91 Å². The van der Waals surface area contributed by atoms with Gasteiger partial charge in [0.05, 0.1) is 5.70 Å². The van der Waals surface area contributed by atoms with E-state index in [9.17, 15) is 0 Å². The van der Waals surface area contributed by atoms with Crippen LogP contribution in [0.15, 0.2) is 11.9 Å². The molecule has 1 fully saturated rings. The van der Waals surface area contributed by atoms with Crippen LogP contribution in [0.25, 0.3) is 0 Å². The van der Waals surface area contributed by atoms with Crippen molar-refractivity contribution >= 4 is 0 Å². The molecule has 0 atom stereocenters. The topological polar surface area (TPSA) is 58.5 Å². The van der Waals surface area contributed by atoms with Crippen LogP contribution in [-0.4, -0.2) is 35.6 Å². The fourth-order valence-corrected chi connectivity index (χ4v) is 1.35. The zero-order valence-corrected chi connectivity index (χ0v) is 7.83. The highest BCUT2D eigenvalue weighted by Gasteiger charge is 2.19. The summed E-state index contributed by atoms with van der Waals surface area (Å²) in [5.41, 5.74) is 6.45. The van der Waals surface area contributed by atoms with Gasteiger partial charge in [-0.1, -0.05) is 0 Å². The monoisotopic (exact) mass is 170 g/mol. The first-order valence-electron chi connectivity index (χ1n) is 4.32. The largest absolute Gasteiger partial charge is 0.403 e. The molecule has 1 aliphatic rings. The summed E-state index contributed by atoms with van der Waals surface area (Å²) in [6, 6.07) is 0.564. The molecule has 0 radical (unpaired) electrons. The molecule has 1 rings (SSSR count). The minimum Gasteiger partial charge on any atom is -0.403 e. The van der Waals surface area contributed by atoms with Gasteiger partial charge in [-0.15, -0.1) is 0 Å².